The van der Waals surface area contributed by atoms with Gasteiger partial charge in [0.05, 0.1) is 29.7 Å². The van der Waals surface area contributed by atoms with Gasteiger partial charge < -0.3 is 25.8 Å². The van der Waals surface area contributed by atoms with Crippen LogP contribution in [0.4, 0.5) is 15.9 Å². The lowest BCUT2D eigenvalue weighted by atomic mass is 9.93. The Morgan fingerprint density at radius 1 is 1.16 bits per heavy atom. The number of methoxy groups -OCH3 is 1. The molecule has 5 rings (SSSR count). The van der Waals surface area contributed by atoms with Gasteiger partial charge in [0, 0.05) is 23.8 Å². The first-order chi connectivity index (χ1) is 20.6. The van der Waals surface area contributed by atoms with Crippen LogP contribution in [0.2, 0.25) is 0 Å². The minimum atomic E-state index is -3.74. The second-order valence-electron chi connectivity index (χ2n) is 10.3. The van der Waals surface area contributed by atoms with E-state index in [2.05, 4.69) is 10.3 Å². The first kappa shape index (κ1) is 29.8. The normalized spacial score (nSPS) is 17.5. The topological polar surface area (TPSA) is 152 Å². The average Bonchev–Trinajstić information content (AvgIpc) is 3.46. The number of benzene rings is 3. The Balaban J connectivity index is 1.62. The molecule has 0 aliphatic carbocycles. The molecule has 1 aliphatic heterocycles. The van der Waals surface area contributed by atoms with Gasteiger partial charge in [0.25, 0.3) is 0 Å². The minimum absolute atomic E-state index is 0.0119. The summed E-state index contributed by atoms with van der Waals surface area (Å²) in [5.41, 5.74) is 7.15. The molecule has 12 heteroatoms. The van der Waals surface area contributed by atoms with Gasteiger partial charge in [-0.05, 0) is 65.4 Å². The van der Waals surface area contributed by atoms with Gasteiger partial charge >= 0.3 is 5.97 Å². The summed E-state index contributed by atoms with van der Waals surface area (Å²) in [5.74, 6) is -3.23. The molecule has 0 spiro atoms. The Labute approximate surface area is 248 Å². The number of fused-ring (bicyclic) bond motifs is 1. The first-order valence-corrected chi connectivity index (χ1v) is 15.3. The van der Waals surface area contributed by atoms with Gasteiger partial charge in [-0.25, -0.2) is 17.8 Å². The molecule has 224 valence electrons. The van der Waals surface area contributed by atoms with Crippen molar-refractivity contribution in [3.05, 3.63) is 89.9 Å². The Morgan fingerprint density at radius 3 is 2.65 bits per heavy atom. The fourth-order valence-corrected chi connectivity index (χ4v) is 6.76. The number of nitrogens with zero attached hydrogens (tertiary/aromatic N) is 2. The average molecular weight is 607 g/mol. The summed E-state index contributed by atoms with van der Waals surface area (Å²) in [5, 5.41) is 14.8. The Morgan fingerprint density at radius 2 is 1.93 bits per heavy atom. The lowest BCUT2D eigenvalue weighted by Crippen LogP contribution is -2.39. The third-order valence-electron chi connectivity index (χ3n) is 7.81. The molecule has 1 aliphatic rings. The number of ether oxygens (including phenoxy) is 1. The number of carbonyl (C=O) groups excluding carboxylic acids is 1. The summed E-state index contributed by atoms with van der Waals surface area (Å²) in [6.45, 7) is 1.57. The number of nitrogens with two attached hydrogens (primary N) is 1. The van der Waals surface area contributed by atoms with E-state index in [1.165, 1.54) is 43.2 Å². The number of rotatable bonds is 9. The molecular weight excluding hydrogens is 575 g/mol. The van der Waals surface area contributed by atoms with E-state index in [4.69, 9.17) is 10.5 Å². The number of hydrogen-bond donors (Lipinski definition) is 3. The molecule has 2 heterocycles. The van der Waals surface area contributed by atoms with Crippen LogP contribution in [-0.2, 0) is 19.4 Å². The van der Waals surface area contributed by atoms with Gasteiger partial charge in [-0.1, -0.05) is 31.2 Å². The minimum Gasteiger partial charge on any atom is -0.494 e. The highest BCUT2D eigenvalue weighted by atomic mass is 32.2. The number of pyridine rings is 1. The summed E-state index contributed by atoms with van der Waals surface area (Å²) < 4.78 is 45.7. The smallest absolute Gasteiger partial charge is 0.309 e. The van der Waals surface area contributed by atoms with Gasteiger partial charge in [-0.2, -0.15) is 0 Å². The maximum absolute atomic E-state index is 14.5. The second-order valence-corrected chi connectivity index (χ2v) is 12.5. The zero-order valence-electron chi connectivity index (χ0n) is 23.5. The van der Waals surface area contributed by atoms with Crippen LogP contribution in [0.25, 0.3) is 10.8 Å². The summed E-state index contributed by atoms with van der Waals surface area (Å²) in [6, 6.07) is 15.1. The van der Waals surface area contributed by atoms with Crippen molar-refractivity contribution in [3.63, 3.8) is 0 Å². The van der Waals surface area contributed by atoms with E-state index in [0.29, 0.717) is 17.1 Å². The molecule has 0 saturated carbocycles. The van der Waals surface area contributed by atoms with Gasteiger partial charge in [-0.15, -0.1) is 0 Å². The van der Waals surface area contributed by atoms with Gasteiger partial charge in [0.15, 0.2) is 21.4 Å². The summed E-state index contributed by atoms with van der Waals surface area (Å²) >= 11 is 0. The lowest BCUT2D eigenvalue weighted by Gasteiger charge is -2.32. The number of halogens is 1. The number of nitrogen functional groups attached to an aromatic ring is 1. The number of aliphatic carboxylic acids is 1. The number of likely N-dealkylation sites (tertiary alicyclic amines) is 1. The van der Waals surface area contributed by atoms with Crippen LogP contribution in [0.3, 0.4) is 0 Å². The maximum atomic E-state index is 14.5. The summed E-state index contributed by atoms with van der Waals surface area (Å²) in [4.78, 5) is 32.4. The number of aromatic nitrogens is 1. The highest BCUT2D eigenvalue weighted by Crippen LogP contribution is 2.42. The van der Waals surface area contributed by atoms with Crippen molar-refractivity contribution in [1.29, 1.82) is 0 Å². The zero-order valence-corrected chi connectivity index (χ0v) is 24.3. The van der Waals surface area contributed by atoms with Crippen molar-refractivity contribution in [2.45, 2.75) is 30.3 Å². The Kier molecular flexibility index (Phi) is 8.23. The molecule has 1 fully saturated rings. The number of carbonyl (C=O) groups is 2. The van der Waals surface area contributed by atoms with E-state index in [0.717, 1.165) is 10.8 Å². The molecule has 0 radical (unpaired) electrons. The molecule has 0 bridgehead atoms. The maximum Gasteiger partial charge on any atom is 0.309 e. The van der Waals surface area contributed by atoms with E-state index in [1.807, 2.05) is 0 Å². The molecular formula is C31H31FN4O6S. The van der Waals surface area contributed by atoms with E-state index in [1.54, 1.807) is 48.7 Å². The lowest BCUT2D eigenvalue weighted by molar-refractivity contribution is -0.143. The van der Waals surface area contributed by atoms with E-state index < -0.39 is 45.5 Å². The van der Waals surface area contributed by atoms with E-state index >= 15 is 0 Å². The molecule has 1 aromatic heterocycles. The van der Waals surface area contributed by atoms with Gasteiger partial charge in [0.1, 0.15) is 11.9 Å². The van der Waals surface area contributed by atoms with Crippen LogP contribution in [0.1, 0.15) is 36.6 Å². The van der Waals surface area contributed by atoms with Crippen LogP contribution in [0.5, 0.6) is 5.75 Å². The quantitative estimate of drug-likeness (QED) is 0.248. The predicted molar refractivity (Wildman–Crippen MR) is 160 cm³/mol. The van der Waals surface area contributed by atoms with Crippen LogP contribution in [0.15, 0.2) is 77.8 Å². The fourth-order valence-electron chi connectivity index (χ4n) is 5.61. The molecule has 10 nitrogen and oxygen atoms in total. The number of sulfone groups is 1. The molecule has 2 unspecified atom stereocenters. The predicted octanol–water partition coefficient (Wildman–Crippen LogP) is 4.59. The molecule has 3 aromatic carbocycles. The van der Waals surface area contributed by atoms with Crippen molar-refractivity contribution in [1.82, 2.24) is 9.88 Å². The van der Waals surface area contributed by atoms with Crippen LogP contribution in [0, 0.1) is 11.7 Å². The number of anilines is 2. The van der Waals surface area contributed by atoms with Crippen molar-refractivity contribution in [3.8, 4) is 5.75 Å². The number of amides is 1. The SMILES string of the molecule is CCS(=O)(=O)c1ccccc1C1C(C(=O)O)CCN1C(=O)[C@H](Nc1ccc2c(N)nccc2c1)c1ccc(F)c(OC)c1. The molecule has 4 N–H and O–H groups in total. The summed E-state index contributed by atoms with van der Waals surface area (Å²) in [7, 11) is -2.43. The van der Waals surface area contributed by atoms with Crippen molar-refractivity contribution >= 4 is 44.0 Å². The fraction of sp³-hybridized carbons (Fsp3) is 0.258. The number of nitrogens with one attached hydrogen (secondary N) is 1. The third-order valence-corrected chi connectivity index (χ3v) is 9.61. The third kappa shape index (κ3) is 5.70. The van der Waals surface area contributed by atoms with Crippen LogP contribution >= 0.6 is 0 Å². The highest BCUT2D eigenvalue weighted by molar-refractivity contribution is 7.91. The second kappa shape index (κ2) is 11.9. The molecule has 1 saturated heterocycles. The van der Waals surface area contributed by atoms with Crippen molar-refractivity contribution in [2.75, 3.05) is 30.5 Å². The van der Waals surface area contributed by atoms with E-state index in [9.17, 15) is 27.5 Å². The highest BCUT2D eigenvalue weighted by Gasteiger charge is 2.45. The van der Waals surface area contributed by atoms with Crippen LogP contribution < -0.4 is 15.8 Å². The van der Waals surface area contributed by atoms with Crippen molar-refractivity contribution in [2.24, 2.45) is 5.92 Å². The number of hydrogen-bond acceptors (Lipinski definition) is 8. The molecule has 1 amide bonds. The molecule has 4 aromatic rings. The standard InChI is InChI=1S/C31H31FN4O6S/c1-3-43(40,41)26-7-5-4-6-22(26)28-23(31(38)39)13-15-36(28)30(37)27(19-8-11-24(32)25(17-19)42-2)35-20-9-10-21-18(16-20)12-14-34-29(21)33/h4-12,14,16-17,23,27-28,35H,3,13,15H2,1-2H3,(H2,33,34)(H,38,39)/t23?,27-,28?/m1/s1. The van der Waals surface area contributed by atoms with Gasteiger partial charge in [0.2, 0.25) is 5.91 Å². The first-order valence-electron chi connectivity index (χ1n) is 13.6. The van der Waals surface area contributed by atoms with Crippen molar-refractivity contribution < 1.29 is 32.2 Å². The molecule has 43 heavy (non-hydrogen) atoms. The number of carboxylic acid groups (broad SMARTS) is 1. The zero-order chi connectivity index (χ0) is 30.9. The Bertz CT molecular complexity index is 1820. The van der Waals surface area contributed by atoms with E-state index in [-0.39, 0.29) is 34.9 Å². The number of carboxylic acids is 1. The largest absolute Gasteiger partial charge is 0.494 e. The van der Waals surface area contributed by atoms with Crippen LogP contribution in [-0.4, -0.2) is 54.7 Å². The monoisotopic (exact) mass is 606 g/mol. The summed E-state index contributed by atoms with van der Waals surface area (Å²) in [6.07, 6.45) is 1.69. The van der Waals surface area contributed by atoms with Gasteiger partial charge in [-0.3, -0.25) is 9.59 Å². The Hall–Kier alpha value is -4.71. The molecule has 3 atom stereocenters.